The highest BCUT2D eigenvalue weighted by Gasteiger charge is 2.39. The van der Waals surface area contributed by atoms with E-state index in [1.807, 2.05) is 0 Å². The molecule has 1 aromatic rings. The molecule has 1 aliphatic heterocycles. The third-order valence-electron chi connectivity index (χ3n) is 3.00. The van der Waals surface area contributed by atoms with Crippen LogP contribution in [0.15, 0.2) is 24.3 Å². The molecule has 1 saturated heterocycles. The van der Waals surface area contributed by atoms with Crippen molar-refractivity contribution in [2.75, 3.05) is 18.6 Å². The van der Waals surface area contributed by atoms with Crippen LogP contribution in [0.3, 0.4) is 0 Å². The van der Waals surface area contributed by atoms with E-state index in [1.54, 1.807) is 57.0 Å². The summed E-state index contributed by atoms with van der Waals surface area (Å²) in [5.41, 5.74) is 0.204. The van der Waals surface area contributed by atoms with Crippen molar-refractivity contribution in [3.8, 4) is 5.75 Å². The van der Waals surface area contributed by atoms with Crippen molar-refractivity contribution in [3.05, 3.63) is 24.3 Å². The zero-order valence-corrected chi connectivity index (χ0v) is 12.7. The fourth-order valence-electron chi connectivity index (χ4n) is 1.98. The molecule has 0 aromatic heterocycles. The van der Waals surface area contributed by atoms with Gasteiger partial charge in [0.15, 0.2) is 0 Å². The van der Waals surface area contributed by atoms with E-state index in [0.29, 0.717) is 6.54 Å². The van der Waals surface area contributed by atoms with Gasteiger partial charge in [0.05, 0.1) is 13.7 Å². The lowest BCUT2D eigenvalue weighted by atomic mass is 10.1. The number of carbonyl (C=O) groups is 2. The first-order chi connectivity index (χ1) is 9.80. The molecule has 6 heteroatoms. The number of amides is 2. The Kier molecular flexibility index (Phi) is 4.06. The lowest BCUT2D eigenvalue weighted by molar-refractivity contribution is -0.124. The highest BCUT2D eigenvalue weighted by Crippen LogP contribution is 2.24. The maximum Gasteiger partial charge on any atom is 0.408 e. The van der Waals surface area contributed by atoms with Crippen LogP contribution in [-0.4, -0.2) is 37.3 Å². The molecule has 6 nitrogen and oxygen atoms in total. The van der Waals surface area contributed by atoms with Crippen molar-refractivity contribution in [2.24, 2.45) is 0 Å². The van der Waals surface area contributed by atoms with Gasteiger partial charge in [0.25, 0.3) is 5.91 Å². The standard InChI is InChI=1S/C15H20N2O4/c1-15(2,3)21-14(19)16-12-9-17(13(12)18)10-5-7-11(20-4)8-6-10/h5-8,12H,9H2,1-4H3,(H,16,19)/t12-/m1/s1. The van der Waals surface area contributed by atoms with E-state index in [0.717, 1.165) is 11.4 Å². The monoisotopic (exact) mass is 292 g/mol. The summed E-state index contributed by atoms with van der Waals surface area (Å²) in [6.07, 6.45) is -0.574. The van der Waals surface area contributed by atoms with Crippen molar-refractivity contribution < 1.29 is 19.1 Å². The summed E-state index contributed by atoms with van der Waals surface area (Å²) in [4.78, 5) is 25.3. The number of alkyl carbamates (subject to hydrolysis) is 1. The topological polar surface area (TPSA) is 67.9 Å². The van der Waals surface area contributed by atoms with Gasteiger partial charge in [0.1, 0.15) is 17.4 Å². The fraction of sp³-hybridized carbons (Fsp3) is 0.467. The molecule has 1 heterocycles. The summed E-state index contributed by atoms with van der Waals surface area (Å²) >= 11 is 0. The van der Waals surface area contributed by atoms with E-state index in [9.17, 15) is 9.59 Å². The van der Waals surface area contributed by atoms with Gasteiger partial charge in [-0.3, -0.25) is 4.79 Å². The summed E-state index contributed by atoms with van der Waals surface area (Å²) in [6, 6.07) is 6.66. The third kappa shape index (κ3) is 3.65. The van der Waals surface area contributed by atoms with Crippen LogP contribution in [0.1, 0.15) is 20.8 Å². The van der Waals surface area contributed by atoms with Gasteiger partial charge in [-0.25, -0.2) is 4.79 Å². The number of methoxy groups -OCH3 is 1. The molecule has 0 radical (unpaired) electrons. The number of β-lactam (4-membered cyclic amide) rings is 1. The minimum absolute atomic E-state index is 0.147. The second-order valence-electron chi connectivity index (χ2n) is 5.85. The van der Waals surface area contributed by atoms with Gasteiger partial charge in [-0.2, -0.15) is 0 Å². The predicted molar refractivity (Wildman–Crippen MR) is 78.5 cm³/mol. The number of nitrogens with zero attached hydrogens (tertiary/aromatic N) is 1. The molecule has 114 valence electrons. The molecule has 2 amide bonds. The Morgan fingerprint density at radius 2 is 1.90 bits per heavy atom. The minimum Gasteiger partial charge on any atom is -0.497 e. The largest absolute Gasteiger partial charge is 0.497 e. The molecule has 0 aliphatic carbocycles. The normalized spacial score (nSPS) is 18.0. The number of benzene rings is 1. The van der Waals surface area contributed by atoms with Crippen molar-refractivity contribution in [1.82, 2.24) is 5.32 Å². The number of rotatable bonds is 3. The number of nitrogens with one attached hydrogen (secondary N) is 1. The lowest BCUT2D eigenvalue weighted by Crippen LogP contribution is -2.64. The number of hydrogen-bond acceptors (Lipinski definition) is 4. The molecule has 0 spiro atoms. The van der Waals surface area contributed by atoms with Gasteiger partial charge in [0.2, 0.25) is 0 Å². The van der Waals surface area contributed by atoms with Crippen molar-refractivity contribution in [2.45, 2.75) is 32.4 Å². The van der Waals surface area contributed by atoms with Gasteiger partial charge in [-0.05, 0) is 45.0 Å². The Morgan fingerprint density at radius 3 is 2.38 bits per heavy atom. The van der Waals surface area contributed by atoms with Gasteiger partial charge in [-0.1, -0.05) is 0 Å². The third-order valence-corrected chi connectivity index (χ3v) is 3.00. The molecular formula is C15H20N2O4. The van der Waals surface area contributed by atoms with Crippen LogP contribution in [0.5, 0.6) is 5.75 Å². The lowest BCUT2D eigenvalue weighted by Gasteiger charge is -2.38. The quantitative estimate of drug-likeness (QED) is 0.864. The Morgan fingerprint density at radius 1 is 1.29 bits per heavy atom. The predicted octanol–water partition coefficient (Wildman–Crippen LogP) is 1.94. The number of ether oxygens (including phenoxy) is 2. The zero-order valence-electron chi connectivity index (χ0n) is 12.7. The first-order valence-electron chi connectivity index (χ1n) is 6.75. The van der Waals surface area contributed by atoms with E-state index in [1.165, 1.54) is 0 Å². The van der Waals surface area contributed by atoms with Gasteiger partial charge in [0, 0.05) is 5.69 Å². The highest BCUT2D eigenvalue weighted by molar-refractivity contribution is 6.05. The van der Waals surface area contributed by atoms with E-state index in [2.05, 4.69) is 5.32 Å². The highest BCUT2D eigenvalue weighted by atomic mass is 16.6. The van der Waals surface area contributed by atoms with Crippen LogP contribution in [-0.2, 0) is 9.53 Å². The Hall–Kier alpha value is -2.24. The minimum atomic E-state index is -0.577. The summed E-state index contributed by atoms with van der Waals surface area (Å²) in [5.74, 6) is 0.584. The van der Waals surface area contributed by atoms with Gasteiger partial charge >= 0.3 is 6.09 Å². The molecule has 1 aliphatic rings. The van der Waals surface area contributed by atoms with Crippen molar-refractivity contribution in [3.63, 3.8) is 0 Å². The van der Waals surface area contributed by atoms with Gasteiger partial charge in [-0.15, -0.1) is 0 Å². The Balaban J connectivity index is 1.89. The summed E-state index contributed by atoms with van der Waals surface area (Å²) < 4.78 is 10.2. The Labute approximate surface area is 124 Å². The second kappa shape index (κ2) is 5.63. The first-order valence-corrected chi connectivity index (χ1v) is 6.75. The molecule has 1 N–H and O–H groups in total. The van der Waals surface area contributed by atoms with Gasteiger partial charge < -0.3 is 19.7 Å². The van der Waals surface area contributed by atoms with Crippen LogP contribution in [0.25, 0.3) is 0 Å². The molecule has 0 bridgehead atoms. The Bertz CT molecular complexity index is 534. The summed E-state index contributed by atoms with van der Waals surface area (Å²) in [6.45, 7) is 5.76. The van der Waals surface area contributed by atoms with Crippen LogP contribution in [0.2, 0.25) is 0 Å². The van der Waals surface area contributed by atoms with Crippen molar-refractivity contribution >= 4 is 17.7 Å². The van der Waals surface area contributed by atoms with Crippen molar-refractivity contribution in [1.29, 1.82) is 0 Å². The van der Waals surface area contributed by atoms with E-state index >= 15 is 0 Å². The molecule has 0 unspecified atom stereocenters. The molecule has 1 fully saturated rings. The summed E-state index contributed by atoms with van der Waals surface area (Å²) in [5, 5.41) is 2.57. The number of carbonyl (C=O) groups excluding carboxylic acids is 2. The SMILES string of the molecule is COc1ccc(N2C[C@@H](NC(=O)OC(C)(C)C)C2=O)cc1. The molecule has 2 rings (SSSR count). The molecule has 0 saturated carbocycles. The van der Waals surface area contributed by atoms with Crippen LogP contribution < -0.4 is 15.0 Å². The first kappa shape index (κ1) is 15.2. The fourth-order valence-corrected chi connectivity index (χ4v) is 1.98. The number of hydrogen-bond donors (Lipinski definition) is 1. The number of anilines is 1. The average molecular weight is 292 g/mol. The summed E-state index contributed by atoms with van der Waals surface area (Å²) in [7, 11) is 1.59. The molecular weight excluding hydrogens is 272 g/mol. The van der Waals surface area contributed by atoms with Crippen LogP contribution in [0, 0.1) is 0 Å². The smallest absolute Gasteiger partial charge is 0.408 e. The van der Waals surface area contributed by atoms with E-state index in [4.69, 9.17) is 9.47 Å². The molecule has 1 atom stereocenters. The maximum absolute atomic E-state index is 12.0. The van der Waals surface area contributed by atoms with Crippen LogP contribution >= 0.6 is 0 Å². The second-order valence-corrected chi connectivity index (χ2v) is 5.85. The van der Waals surface area contributed by atoms with Crippen LogP contribution in [0.4, 0.5) is 10.5 Å². The average Bonchev–Trinajstić information content (AvgIpc) is 2.41. The molecule has 1 aromatic carbocycles. The molecule has 21 heavy (non-hydrogen) atoms. The van der Waals surface area contributed by atoms with E-state index < -0.39 is 17.7 Å². The maximum atomic E-state index is 12.0. The van der Waals surface area contributed by atoms with E-state index in [-0.39, 0.29) is 5.91 Å². The zero-order chi connectivity index (χ0) is 15.6.